The predicted molar refractivity (Wildman–Crippen MR) is 113 cm³/mol. The molecule has 0 aliphatic heterocycles. The molecular weight excluding hydrogens is 429 g/mol. The minimum Gasteiger partial charge on any atom is -0.383 e. The minimum absolute atomic E-state index is 0. The summed E-state index contributed by atoms with van der Waals surface area (Å²) in [5.41, 5.74) is 4.68. The monoisotopic (exact) mass is 457 g/mol. The van der Waals surface area contributed by atoms with E-state index in [-0.39, 0.29) is 24.0 Å². The number of rotatable bonds is 7. The van der Waals surface area contributed by atoms with Crippen LogP contribution in [0.15, 0.2) is 35.3 Å². The molecule has 0 fully saturated rings. The second-order valence-electron chi connectivity index (χ2n) is 5.64. The molecule has 0 saturated carbocycles. The Morgan fingerprint density at radius 2 is 1.92 bits per heavy atom. The summed E-state index contributed by atoms with van der Waals surface area (Å²) in [5.74, 6) is 0.765. The molecule has 2 N–H and O–H groups in total. The van der Waals surface area contributed by atoms with Crippen molar-refractivity contribution in [2.75, 3.05) is 27.3 Å². The van der Waals surface area contributed by atoms with Crippen LogP contribution >= 0.6 is 24.0 Å². The normalized spacial score (nSPS) is 11.1. The number of aryl methyl sites for hydroxylation is 1. The Bertz CT molecular complexity index is 670. The van der Waals surface area contributed by atoms with Gasteiger partial charge in [0.25, 0.3) is 0 Å². The first-order valence-electron chi connectivity index (χ1n) is 8.16. The highest BCUT2D eigenvalue weighted by atomic mass is 127. The van der Waals surface area contributed by atoms with E-state index in [0.717, 1.165) is 24.7 Å². The number of nitrogens with one attached hydrogen (secondary N) is 2. The summed E-state index contributed by atoms with van der Waals surface area (Å²) in [6, 6.07) is 10.4. The summed E-state index contributed by atoms with van der Waals surface area (Å²) in [4.78, 5) is 4.22. The van der Waals surface area contributed by atoms with Gasteiger partial charge in [-0.1, -0.05) is 30.3 Å². The van der Waals surface area contributed by atoms with Crippen LogP contribution in [0, 0.1) is 13.8 Å². The topological polar surface area (TPSA) is 63.5 Å². The van der Waals surface area contributed by atoms with Crippen LogP contribution in [0.5, 0.6) is 0 Å². The molecule has 0 aliphatic carbocycles. The zero-order valence-electron chi connectivity index (χ0n) is 15.4. The van der Waals surface area contributed by atoms with Crippen LogP contribution in [0.25, 0.3) is 0 Å². The lowest BCUT2D eigenvalue weighted by Gasteiger charge is -2.12. The summed E-state index contributed by atoms with van der Waals surface area (Å²) >= 11 is 0. The van der Waals surface area contributed by atoms with E-state index in [0.29, 0.717) is 13.2 Å². The standard InChI is InChI=1S/C18H27N5O.HI/c1-14-17(12-21-18(19-3)20-10-11-24-4)15(2)23(22-14)13-16-8-6-5-7-9-16;/h5-9H,10-13H2,1-4H3,(H2,19,20,21);1H. The molecule has 1 aromatic heterocycles. The number of ether oxygens (including phenoxy) is 1. The fourth-order valence-electron chi connectivity index (χ4n) is 2.56. The van der Waals surface area contributed by atoms with Crippen molar-refractivity contribution in [3.63, 3.8) is 0 Å². The van der Waals surface area contributed by atoms with E-state index in [1.165, 1.54) is 16.8 Å². The molecule has 0 amide bonds. The van der Waals surface area contributed by atoms with Gasteiger partial charge in [0.2, 0.25) is 0 Å². The van der Waals surface area contributed by atoms with Crippen LogP contribution in [-0.4, -0.2) is 43.0 Å². The highest BCUT2D eigenvalue weighted by Gasteiger charge is 2.12. The second kappa shape index (κ2) is 11.1. The molecule has 0 atom stereocenters. The fourth-order valence-corrected chi connectivity index (χ4v) is 2.56. The van der Waals surface area contributed by atoms with Gasteiger partial charge >= 0.3 is 0 Å². The van der Waals surface area contributed by atoms with Crippen LogP contribution in [0.1, 0.15) is 22.5 Å². The molecule has 2 aromatic rings. The van der Waals surface area contributed by atoms with Crippen molar-refractivity contribution in [2.24, 2.45) is 4.99 Å². The van der Waals surface area contributed by atoms with Crippen molar-refractivity contribution in [1.82, 2.24) is 20.4 Å². The van der Waals surface area contributed by atoms with E-state index >= 15 is 0 Å². The highest BCUT2D eigenvalue weighted by Crippen LogP contribution is 2.14. The summed E-state index contributed by atoms with van der Waals surface area (Å²) < 4.78 is 7.10. The molecule has 7 heteroatoms. The highest BCUT2D eigenvalue weighted by molar-refractivity contribution is 14.0. The van der Waals surface area contributed by atoms with Gasteiger partial charge in [0.05, 0.1) is 18.8 Å². The third-order valence-corrected chi connectivity index (χ3v) is 3.96. The van der Waals surface area contributed by atoms with Crippen molar-refractivity contribution >= 4 is 29.9 Å². The Morgan fingerprint density at radius 3 is 2.56 bits per heavy atom. The maximum absolute atomic E-state index is 5.04. The zero-order valence-corrected chi connectivity index (χ0v) is 17.7. The number of hydrogen-bond donors (Lipinski definition) is 2. The van der Waals surface area contributed by atoms with E-state index < -0.39 is 0 Å². The molecule has 1 aromatic carbocycles. The average molecular weight is 457 g/mol. The van der Waals surface area contributed by atoms with E-state index in [1.54, 1.807) is 14.2 Å². The molecule has 2 rings (SSSR count). The SMILES string of the molecule is CN=C(NCCOC)NCc1c(C)nn(Cc2ccccc2)c1C.I. The molecule has 0 unspecified atom stereocenters. The summed E-state index contributed by atoms with van der Waals surface area (Å²) in [7, 11) is 3.45. The van der Waals surface area contributed by atoms with Crippen LogP contribution < -0.4 is 10.6 Å². The van der Waals surface area contributed by atoms with Gasteiger partial charge in [0.15, 0.2) is 5.96 Å². The van der Waals surface area contributed by atoms with Gasteiger partial charge in [-0.2, -0.15) is 5.10 Å². The third kappa shape index (κ3) is 6.32. The number of benzene rings is 1. The second-order valence-corrected chi connectivity index (χ2v) is 5.64. The lowest BCUT2D eigenvalue weighted by molar-refractivity contribution is 0.203. The smallest absolute Gasteiger partial charge is 0.191 e. The summed E-state index contributed by atoms with van der Waals surface area (Å²) in [5, 5.41) is 11.2. The number of nitrogens with zero attached hydrogens (tertiary/aromatic N) is 3. The molecule has 6 nitrogen and oxygen atoms in total. The van der Waals surface area contributed by atoms with Crippen molar-refractivity contribution in [2.45, 2.75) is 26.9 Å². The molecule has 0 spiro atoms. The number of aromatic nitrogens is 2. The van der Waals surface area contributed by atoms with Crippen molar-refractivity contribution in [1.29, 1.82) is 0 Å². The largest absolute Gasteiger partial charge is 0.383 e. The molecular formula is C18H28IN5O. The number of halogens is 1. The maximum atomic E-state index is 5.04. The molecule has 0 bridgehead atoms. The number of aliphatic imine (C=N–C) groups is 1. The van der Waals surface area contributed by atoms with Crippen molar-refractivity contribution in [3.05, 3.63) is 52.8 Å². The Morgan fingerprint density at radius 1 is 1.20 bits per heavy atom. The van der Waals surface area contributed by atoms with E-state index in [1.807, 2.05) is 13.0 Å². The summed E-state index contributed by atoms with van der Waals surface area (Å²) in [6.45, 7) is 7.01. The van der Waals surface area contributed by atoms with Crippen LogP contribution in [-0.2, 0) is 17.8 Å². The van der Waals surface area contributed by atoms with Gasteiger partial charge in [-0.3, -0.25) is 9.67 Å². The number of guanidine groups is 1. The minimum atomic E-state index is 0. The van der Waals surface area contributed by atoms with Gasteiger partial charge < -0.3 is 15.4 Å². The summed E-state index contributed by atoms with van der Waals surface area (Å²) in [6.07, 6.45) is 0. The van der Waals surface area contributed by atoms with Crippen molar-refractivity contribution in [3.8, 4) is 0 Å². The average Bonchev–Trinajstić information content (AvgIpc) is 2.86. The van der Waals surface area contributed by atoms with E-state index in [9.17, 15) is 0 Å². The van der Waals surface area contributed by atoms with E-state index in [2.05, 4.69) is 56.6 Å². The fraction of sp³-hybridized carbons (Fsp3) is 0.444. The van der Waals surface area contributed by atoms with Gasteiger partial charge in [0.1, 0.15) is 0 Å². The Labute approximate surface area is 167 Å². The van der Waals surface area contributed by atoms with E-state index in [4.69, 9.17) is 4.74 Å². The van der Waals surface area contributed by atoms with Gasteiger partial charge in [-0.05, 0) is 19.4 Å². The zero-order chi connectivity index (χ0) is 17.4. The molecule has 0 saturated heterocycles. The first-order chi connectivity index (χ1) is 11.7. The van der Waals surface area contributed by atoms with Gasteiger partial charge in [-0.15, -0.1) is 24.0 Å². The van der Waals surface area contributed by atoms with Crippen LogP contribution in [0.4, 0.5) is 0 Å². The Balaban J connectivity index is 0.00000312. The quantitative estimate of drug-likeness (QED) is 0.290. The van der Waals surface area contributed by atoms with Crippen molar-refractivity contribution < 1.29 is 4.74 Å². The van der Waals surface area contributed by atoms with Gasteiger partial charge in [0, 0.05) is 38.5 Å². The molecule has 0 aliphatic rings. The number of methoxy groups -OCH3 is 1. The Kier molecular flexibility index (Phi) is 9.51. The molecule has 25 heavy (non-hydrogen) atoms. The van der Waals surface area contributed by atoms with Crippen LogP contribution in [0.3, 0.4) is 0 Å². The van der Waals surface area contributed by atoms with Crippen LogP contribution in [0.2, 0.25) is 0 Å². The lowest BCUT2D eigenvalue weighted by Crippen LogP contribution is -2.38. The molecule has 138 valence electrons. The first-order valence-corrected chi connectivity index (χ1v) is 8.16. The lowest BCUT2D eigenvalue weighted by atomic mass is 10.2. The Hall–Kier alpha value is -1.61. The predicted octanol–water partition coefficient (Wildman–Crippen LogP) is 2.48. The maximum Gasteiger partial charge on any atom is 0.191 e. The third-order valence-electron chi connectivity index (χ3n) is 3.96. The van der Waals surface area contributed by atoms with Gasteiger partial charge in [-0.25, -0.2) is 0 Å². The molecule has 0 radical (unpaired) electrons. The first kappa shape index (κ1) is 21.4. The molecule has 1 heterocycles. The number of hydrogen-bond acceptors (Lipinski definition) is 3.